The Morgan fingerprint density at radius 1 is 0.923 bits per heavy atom. The van der Waals surface area contributed by atoms with Gasteiger partial charge in [-0.15, -0.1) is 0 Å². The van der Waals surface area contributed by atoms with Gasteiger partial charge in [-0.25, -0.2) is 8.42 Å². The molecule has 16 heteroatoms. The van der Waals surface area contributed by atoms with Crippen molar-refractivity contribution >= 4 is 45.0 Å². The smallest absolute Gasteiger partial charge is 0.744 e. The second kappa shape index (κ2) is 14.0. The zero-order chi connectivity index (χ0) is 17.0. The summed E-state index contributed by atoms with van der Waals surface area (Å²) in [6, 6.07) is 4.67. The summed E-state index contributed by atoms with van der Waals surface area (Å²) in [7, 11) is -4.91. The summed E-state index contributed by atoms with van der Waals surface area (Å²) in [5.41, 5.74) is 0. The van der Waals surface area contributed by atoms with Gasteiger partial charge in [-0.2, -0.15) is 8.67 Å². The molecule has 0 aliphatic heterocycles. The van der Waals surface area contributed by atoms with Crippen LogP contribution < -0.4 is 99.2 Å². The predicted molar refractivity (Wildman–Crippen MR) is 69.6 cm³/mol. The molecule has 0 spiro atoms. The summed E-state index contributed by atoms with van der Waals surface area (Å²) < 4.78 is 41.7. The van der Waals surface area contributed by atoms with Gasteiger partial charge in [-0.3, -0.25) is 10.1 Å². The SMILES string of the molecule is O=S(=O)([O-])c1cc2cc(SOO[O-])cc(SOO[O-])c2cc1O.[Na+].[Na+].[Na+]. The molecule has 2 rings (SSSR count). The van der Waals surface area contributed by atoms with E-state index >= 15 is 0 Å². The van der Waals surface area contributed by atoms with Crippen LogP contribution in [0.15, 0.2) is 39.0 Å². The topological polar surface area (TPSA) is 160 Å². The number of benzene rings is 2. The third-order valence-corrected chi connectivity index (χ3v) is 4.60. The van der Waals surface area contributed by atoms with Gasteiger partial charge in [0.1, 0.15) is 15.9 Å². The quantitative estimate of drug-likeness (QED) is 0.140. The van der Waals surface area contributed by atoms with E-state index in [1.807, 2.05) is 0 Å². The molecule has 0 aliphatic rings. The molecule has 0 radical (unpaired) electrons. The predicted octanol–water partition coefficient (Wildman–Crippen LogP) is -9.08. The Labute approximate surface area is 222 Å². The van der Waals surface area contributed by atoms with Crippen molar-refractivity contribution in [2.45, 2.75) is 14.7 Å². The number of phenols is 1. The molecule has 0 unspecified atom stereocenters. The standard InChI is InChI=1S/C10H8O10S3.3Na/c11-8-4-7-5(2-10(8)23(14,15)16)1-6(21-19-17-12)3-9(7)22-20-18-13;;;/h1-4,11-13H,(H,14,15,16);;;/q;3*+1/p-3. The van der Waals surface area contributed by atoms with Crippen molar-refractivity contribution in [1.29, 1.82) is 0 Å². The molecular weight excluding hydrogens is 445 g/mol. The second-order valence-electron chi connectivity index (χ2n) is 3.86. The molecule has 1 N–H and O–H groups in total. The van der Waals surface area contributed by atoms with Crippen LogP contribution in [0, 0.1) is 0 Å². The number of fused-ring (bicyclic) bond motifs is 1. The van der Waals surface area contributed by atoms with Crippen molar-refractivity contribution in [3.05, 3.63) is 24.3 Å². The minimum atomic E-state index is -4.91. The average Bonchev–Trinajstić information content (AvgIpc) is 2.49. The van der Waals surface area contributed by atoms with Crippen LogP contribution in [0.25, 0.3) is 10.8 Å². The number of hydrogen-bond donors (Lipinski definition) is 1. The fourth-order valence-electron chi connectivity index (χ4n) is 1.74. The van der Waals surface area contributed by atoms with Gasteiger partial charge >= 0.3 is 88.7 Å². The van der Waals surface area contributed by atoms with Crippen molar-refractivity contribution in [1.82, 2.24) is 0 Å². The van der Waals surface area contributed by atoms with Crippen LogP contribution >= 0.6 is 24.1 Å². The molecule has 26 heavy (non-hydrogen) atoms. The van der Waals surface area contributed by atoms with Crippen molar-refractivity contribution in [2.75, 3.05) is 0 Å². The third-order valence-electron chi connectivity index (χ3n) is 2.55. The van der Waals surface area contributed by atoms with Gasteiger partial charge in [0, 0.05) is 15.2 Å². The number of aromatic hydroxyl groups is 1. The van der Waals surface area contributed by atoms with Gasteiger partial charge < -0.3 is 20.2 Å². The maximum Gasteiger partial charge on any atom is 1.00 e. The Morgan fingerprint density at radius 3 is 2.04 bits per heavy atom. The van der Waals surface area contributed by atoms with Crippen LogP contribution in [0.4, 0.5) is 0 Å². The fourth-order valence-corrected chi connectivity index (χ4v) is 3.39. The Morgan fingerprint density at radius 2 is 1.50 bits per heavy atom. The molecule has 126 valence electrons. The van der Waals surface area contributed by atoms with E-state index in [0.717, 1.165) is 12.1 Å². The zero-order valence-electron chi connectivity index (χ0n) is 13.7. The van der Waals surface area contributed by atoms with Crippen LogP contribution in [0.2, 0.25) is 0 Å². The molecule has 0 heterocycles. The number of hydrogen-bond acceptors (Lipinski definition) is 12. The normalized spacial score (nSPS) is 10.6. The van der Waals surface area contributed by atoms with Gasteiger partial charge in [0.25, 0.3) is 0 Å². The molecule has 0 bridgehead atoms. The first-order chi connectivity index (χ1) is 10.9. The van der Waals surface area contributed by atoms with Crippen LogP contribution in [-0.4, -0.2) is 18.1 Å². The number of phenolic OH excluding ortho intramolecular Hbond substituents is 1. The Hall–Kier alpha value is 1.87. The molecule has 0 aromatic heterocycles. The first-order valence-corrected chi connectivity index (χ1v) is 8.29. The third kappa shape index (κ3) is 8.31. The van der Waals surface area contributed by atoms with Gasteiger partial charge in [0.15, 0.2) is 0 Å². The Balaban J connectivity index is 0. The monoisotopic (exact) mass is 450 g/mol. The molecule has 2 aromatic carbocycles. The summed E-state index contributed by atoms with van der Waals surface area (Å²) in [6.45, 7) is 0. The minimum absolute atomic E-state index is 0. The summed E-state index contributed by atoms with van der Waals surface area (Å²) >= 11 is 0.946. The second-order valence-corrected chi connectivity index (χ2v) is 6.72. The molecule has 10 nitrogen and oxygen atoms in total. The van der Waals surface area contributed by atoms with E-state index in [0.29, 0.717) is 24.1 Å². The summed E-state index contributed by atoms with van der Waals surface area (Å²) in [6.07, 6.45) is 0. The van der Waals surface area contributed by atoms with E-state index in [9.17, 15) is 28.6 Å². The Bertz CT molecular complexity index is 820. The van der Waals surface area contributed by atoms with E-state index in [4.69, 9.17) is 0 Å². The molecule has 0 atom stereocenters. The van der Waals surface area contributed by atoms with E-state index < -0.39 is 20.8 Å². The van der Waals surface area contributed by atoms with Crippen LogP contribution in [0.3, 0.4) is 0 Å². The van der Waals surface area contributed by atoms with Crippen LogP contribution in [-0.2, 0) is 28.9 Å². The molecule has 0 aliphatic carbocycles. The molecule has 0 fully saturated rings. The molecule has 0 amide bonds. The van der Waals surface area contributed by atoms with E-state index in [2.05, 4.69) is 18.7 Å². The first-order valence-electron chi connectivity index (χ1n) is 5.40. The molecule has 0 saturated heterocycles. The summed E-state index contributed by atoms with van der Waals surface area (Å²) in [4.78, 5) is -0.365. The Kier molecular flexibility index (Phi) is 16.2. The van der Waals surface area contributed by atoms with E-state index in [-0.39, 0.29) is 109 Å². The van der Waals surface area contributed by atoms with Crippen molar-refractivity contribution in [3.8, 4) is 5.75 Å². The van der Waals surface area contributed by atoms with Crippen molar-refractivity contribution in [2.24, 2.45) is 0 Å². The largest absolute Gasteiger partial charge is 1.00 e. The average molecular weight is 450 g/mol. The van der Waals surface area contributed by atoms with Gasteiger partial charge in [-0.05, 0) is 29.7 Å². The minimum Gasteiger partial charge on any atom is -0.744 e. The molecular formula is C10H5Na3O10S3. The van der Waals surface area contributed by atoms with E-state index in [1.165, 1.54) is 12.1 Å². The van der Waals surface area contributed by atoms with Gasteiger partial charge in [-0.1, -0.05) is 0 Å². The maximum absolute atomic E-state index is 11.1. The number of rotatable bonds is 7. The van der Waals surface area contributed by atoms with Crippen LogP contribution in [0.5, 0.6) is 5.75 Å². The maximum atomic E-state index is 11.1. The van der Waals surface area contributed by atoms with Crippen molar-refractivity contribution in [3.63, 3.8) is 0 Å². The fraction of sp³-hybridized carbons (Fsp3) is 0. The van der Waals surface area contributed by atoms with Crippen LogP contribution in [0.1, 0.15) is 0 Å². The van der Waals surface area contributed by atoms with E-state index in [1.54, 1.807) is 0 Å². The van der Waals surface area contributed by atoms with Gasteiger partial charge in [0.2, 0.25) is 0 Å². The van der Waals surface area contributed by atoms with Gasteiger partial charge in [0.05, 0.1) is 29.0 Å². The van der Waals surface area contributed by atoms with Crippen molar-refractivity contribution < 1.29 is 136 Å². The molecule has 0 saturated carbocycles. The summed E-state index contributed by atoms with van der Waals surface area (Å²) in [5.74, 6) is -0.767. The first kappa shape index (κ1) is 30.1. The zero-order valence-corrected chi connectivity index (χ0v) is 22.1. The molecule has 2 aromatic rings. The summed E-state index contributed by atoms with van der Waals surface area (Å²) in [5, 5.41) is 36.4.